The Morgan fingerprint density at radius 2 is 2.29 bits per heavy atom. The summed E-state index contributed by atoms with van der Waals surface area (Å²) < 4.78 is 0.870. The van der Waals surface area contributed by atoms with Crippen LogP contribution in [0.5, 0.6) is 0 Å². The minimum atomic E-state index is -0.0660. The van der Waals surface area contributed by atoms with Gasteiger partial charge in [-0.15, -0.1) is 0 Å². The Hall–Kier alpha value is -1.20. The molecule has 2 rings (SSSR count). The van der Waals surface area contributed by atoms with Gasteiger partial charge in [0.2, 0.25) is 0 Å². The van der Waals surface area contributed by atoms with Gasteiger partial charge in [0.1, 0.15) is 5.69 Å². The molecule has 0 radical (unpaired) electrons. The van der Waals surface area contributed by atoms with Crippen LogP contribution in [0.4, 0.5) is 0 Å². The maximum absolute atomic E-state index is 12.0. The molecular weight excluding hydrogens is 300 g/mol. The maximum atomic E-state index is 12.0. The largest absolute Gasteiger partial charge is 0.336 e. The van der Waals surface area contributed by atoms with Crippen molar-refractivity contribution in [2.24, 2.45) is 0 Å². The van der Waals surface area contributed by atoms with Crippen molar-refractivity contribution in [2.45, 2.75) is 6.54 Å². The summed E-state index contributed by atoms with van der Waals surface area (Å²) in [5.74, 6) is -0.0660. The number of rotatable bonds is 3. The van der Waals surface area contributed by atoms with Crippen molar-refractivity contribution < 1.29 is 4.79 Å². The number of hydrogen-bond acceptors (Lipinski definition) is 3. The van der Waals surface area contributed by atoms with Crippen LogP contribution in [0.2, 0.25) is 0 Å². The van der Waals surface area contributed by atoms with Gasteiger partial charge >= 0.3 is 0 Å². The Bertz CT molecular complexity index is 496. The van der Waals surface area contributed by atoms with Crippen LogP contribution in [0.15, 0.2) is 39.6 Å². The molecule has 0 aromatic carbocycles. The van der Waals surface area contributed by atoms with Crippen LogP contribution in [0.1, 0.15) is 16.1 Å². The summed E-state index contributed by atoms with van der Waals surface area (Å²) in [6, 6.07) is 5.55. The third-order valence-corrected chi connectivity index (χ3v) is 3.49. The van der Waals surface area contributed by atoms with Gasteiger partial charge in [0, 0.05) is 24.3 Å². The lowest BCUT2D eigenvalue weighted by molar-refractivity contribution is 0.0779. The average molecular weight is 311 g/mol. The molecule has 0 aliphatic rings. The molecule has 0 saturated heterocycles. The highest BCUT2D eigenvalue weighted by Crippen LogP contribution is 2.12. The Morgan fingerprint density at radius 3 is 2.88 bits per heavy atom. The summed E-state index contributed by atoms with van der Waals surface area (Å²) in [5.41, 5.74) is 1.61. The number of pyridine rings is 1. The predicted octanol–water partition coefficient (Wildman–Crippen LogP) is 3.18. The third kappa shape index (κ3) is 3.14. The second-order valence-electron chi connectivity index (χ2n) is 3.65. The average Bonchev–Trinajstić information content (AvgIpc) is 2.82. The zero-order valence-corrected chi connectivity index (χ0v) is 11.7. The molecule has 0 N–H and O–H groups in total. The SMILES string of the molecule is CN(Cc1ccsc1)C(=O)c1ccc(Br)cn1. The first-order valence-corrected chi connectivity index (χ1v) is 6.78. The van der Waals surface area contributed by atoms with E-state index in [2.05, 4.69) is 20.9 Å². The van der Waals surface area contributed by atoms with Gasteiger partial charge in [-0.05, 0) is 50.5 Å². The summed E-state index contributed by atoms with van der Waals surface area (Å²) in [6.07, 6.45) is 1.63. The molecule has 2 heterocycles. The predicted molar refractivity (Wildman–Crippen MR) is 72.1 cm³/mol. The van der Waals surface area contributed by atoms with Crippen LogP contribution in [-0.4, -0.2) is 22.8 Å². The fourth-order valence-corrected chi connectivity index (χ4v) is 2.32. The third-order valence-electron chi connectivity index (χ3n) is 2.29. The first-order valence-electron chi connectivity index (χ1n) is 5.05. The van der Waals surface area contributed by atoms with Crippen LogP contribution < -0.4 is 0 Å². The second kappa shape index (κ2) is 5.42. The highest BCUT2D eigenvalue weighted by Gasteiger charge is 2.13. The van der Waals surface area contributed by atoms with Gasteiger partial charge in [0.05, 0.1) is 0 Å². The molecule has 88 valence electrons. The fraction of sp³-hybridized carbons (Fsp3) is 0.167. The van der Waals surface area contributed by atoms with Crippen LogP contribution in [0.3, 0.4) is 0 Å². The van der Waals surface area contributed by atoms with Crippen molar-refractivity contribution in [3.8, 4) is 0 Å². The topological polar surface area (TPSA) is 33.2 Å². The lowest BCUT2D eigenvalue weighted by atomic mass is 10.3. The van der Waals surface area contributed by atoms with E-state index >= 15 is 0 Å². The molecular formula is C12H11BrN2OS. The van der Waals surface area contributed by atoms with Crippen LogP contribution >= 0.6 is 27.3 Å². The zero-order chi connectivity index (χ0) is 12.3. The smallest absolute Gasteiger partial charge is 0.272 e. The monoisotopic (exact) mass is 310 g/mol. The van der Waals surface area contributed by atoms with E-state index in [1.165, 1.54) is 0 Å². The number of carbonyl (C=O) groups excluding carboxylic acids is 1. The van der Waals surface area contributed by atoms with Crippen molar-refractivity contribution >= 4 is 33.2 Å². The summed E-state index contributed by atoms with van der Waals surface area (Å²) in [7, 11) is 1.78. The van der Waals surface area contributed by atoms with Crippen LogP contribution in [-0.2, 0) is 6.54 Å². The fourth-order valence-electron chi connectivity index (χ4n) is 1.43. The molecule has 17 heavy (non-hydrogen) atoms. The van der Waals surface area contributed by atoms with Gasteiger partial charge in [0.15, 0.2) is 0 Å². The standard InChI is InChI=1S/C12H11BrN2OS/c1-15(7-9-4-5-17-8-9)12(16)11-3-2-10(13)6-14-11/h2-6,8H,7H2,1H3. The summed E-state index contributed by atoms with van der Waals surface area (Å²) in [5, 5.41) is 4.05. The molecule has 0 aliphatic heterocycles. The van der Waals surface area contributed by atoms with E-state index in [9.17, 15) is 4.79 Å². The minimum Gasteiger partial charge on any atom is -0.336 e. The molecule has 0 atom stereocenters. The molecule has 0 bridgehead atoms. The van der Waals surface area contributed by atoms with Gasteiger partial charge < -0.3 is 4.90 Å². The summed E-state index contributed by atoms with van der Waals surface area (Å²) >= 11 is 4.93. The van der Waals surface area contributed by atoms with Gasteiger partial charge in [-0.25, -0.2) is 4.98 Å². The van der Waals surface area contributed by atoms with E-state index < -0.39 is 0 Å². The van der Waals surface area contributed by atoms with Crippen molar-refractivity contribution in [3.63, 3.8) is 0 Å². The van der Waals surface area contributed by atoms with E-state index in [1.807, 2.05) is 22.9 Å². The Morgan fingerprint density at radius 1 is 1.47 bits per heavy atom. The quantitative estimate of drug-likeness (QED) is 0.872. The summed E-state index contributed by atoms with van der Waals surface area (Å²) in [4.78, 5) is 17.8. The molecule has 2 aromatic heterocycles. The van der Waals surface area contributed by atoms with Crippen molar-refractivity contribution in [1.82, 2.24) is 9.88 Å². The van der Waals surface area contributed by atoms with Crippen molar-refractivity contribution in [1.29, 1.82) is 0 Å². The number of nitrogens with zero attached hydrogens (tertiary/aromatic N) is 2. The second-order valence-corrected chi connectivity index (χ2v) is 5.35. The van der Waals surface area contributed by atoms with Gasteiger partial charge in [-0.2, -0.15) is 11.3 Å². The van der Waals surface area contributed by atoms with Gasteiger partial charge in [-0.3, -0.25) is 4.79 Å². The molecule has 0 saturated carbocycles. The van der Waals surface area contributed by atoms with Crippen LogP contribution in [0.25, 0.3) is 0 Å². The van der Waals surface area contributed by atoms with Gasteiger partial charge in [0.25, 0.3) is 5.91 Å². The van der Waals surface area contributed by atoms with Gasteiger partial charge in [-0.1, -0.05) is 0 Å². The number of halogens is 1. The molecule has 0 spiro atoms. The molecule has 2 aromatic rings. The van der Waals surface area contributed by atoms with Crippen LogP contribution in [0, 0.1) is 0 Å². The zero-order valence-electron chi connectivity index (χ0n) is 9.26. The Balaban J connectivity index is 2.07. The number of aromatic nitrogens is 1. The van der Waals surface area contributed by atoms with Crippen molar-refractivity contribution in [2.75, 3.05) is 7.05 Å². The Kier molecular flexibility index (Phi) is 3.91. The lowest BCUT2D eigenvalue weighted by Crippen LogP contribution is -2.26. The lowest BCUT2D eigenvalue weighted by Gasteiger charge is -2.15. The molecule has 0 unspecified atom stereocenters. The highest BCUT2D eigenvalue weighted by atomic mass is 79.9. The highest BCUT2D eigenvalue weighted by molar-refractivity contribution is 9.10. The summed E-state index contributed by atoms with van der Waals surface area (Å²) in [6.45, 7) is 0.611. The minimum absolute atomic E-state index is 0.0660. The molecule has 0 aliphatic carbocycles. The molecule has 3 nitrogen and oxygen atoms in total. The maximum Gasteiger partial charge on any atom is 0.272 e. The normalized spacial score (nSPS) is 10.2. The number of thiophene rings is 1. The molecule has 0 fully saturated rings. The molecule has 5 heteroatoms. The number of amides is 1. The first-order chi connectivity index (χ1) is 8.16. The van der Waals surface area contributed by atoms with E-state index in [-0.39, 0.29) is 5.91 Å². The van der Waals surface area contributed by atoms with E-state index in [0.717, 1.165) is 10.0 Å². The first kappa shape index (κ1) is 12.3. The molecule has 1 amide bonds. The number of hydrogen-bond donors (Lipinski definition) is 0. The van der Waals surface area contributed by atoms with E-state index in [4.69, 9.17) is 0 Å². The van der Waals surface area contributed by atoms with Crippen molar-refractivity contribution in [3.05, 3.63) is 50.9 Å². The van der Waals surface area contributed by atoms with E-state index in [1.54, 1.807) is 35.5 Å². The number of carbonyl (C=O) groups is 1. The van der Waals surface area contributed by atoms with E-state index in [0.29, 0.717) is 12.2 Å². The Labute approximate surface area is 112 Å².